The van der Waals surface area contributed by atoms with Crippen molar-refractivity contribution in [3.8, 4) is 0 Å². The van der Waals surface area contributed by atoms with Crippen LogP contribution in [0.1, 0.15) is 38.2 Å². The molecule has 104 valence electrons. The summed E-state index contributed by atoms with van der Waals surface area (Å²) in [7, 11) is 0.639. The number of nitrogen functional groups attached to an aromatic ring is 1. The molecule has 2 N–H and O–H groups in total. The summed E-state index contributed by atoms with van der Waals surface area (Å²) >= 11 is 1.17. The number of thiazole rings is 1. The summed E-state index contributed by atoms with van der Waals surface area (Å²) < 4.78 is 17.0. The summed E-state index contributed by atoms with van der Waals surface area (Å²) in [4.78, 5) is 15.7. The number of hydrogen-bond donors (Lipinski definition) is 1. The molecule has 0 radical (unpaired) electrons. The van der Waals surface area contributed by atoms with Gasteiger partial charge in [0.15, 0.2) is 10.8 Å². The van der Waals surface area contributed by atoms with Crippen LogP contribution < -0.4 is 10.5 Å². The van der Waals surface area contributed by atoms with Gasteiger partial charge in [-0.2, -0.15) is 0 Å². The average Bonchev–Trinajstić information content (AvgIpc) is 2.77. The van der Waals surface area contributed by atoms with Crippen LogP contribution in [0.4, 0.5) is 5.13 Å². The largest absolute Gasteiger partial charge is 0.508 e. The number of nitrogens with zero attached hydrogens (tertiary/aromatic N) is 1. The van der Waals surface area contributed by atoms with Crippen LogP contribution in [0.2, 0.25) is 0 Å². The minimum atomic E-state index is -0.658. The van der Waals surface area contributed by atoms with Gasteiger partial charge in [-0.05, 0) is 27.7 Å². The van der Waals surface area contributed by atoms with Crippen molar-refractivity contribution in [3.05, 3.63) is 5.69 Å². The Morgan fingerprint density at radius 1 is 1.32 bits per heavy atom. The maximum atomic E-state index is 11.7. The van der Waals surface area contributed by atoms with E-state index in [0.717, 1.165) is 0 Å². The number of methoxy groups -OCH3 is 1. The Labute approximate surface area is 116 Å². The van der Waals surface area contributed by atoms with Gasteiger partial charge in [-0.3, -0.25) is 0 Å². The van der Waals surface area contributed by atoms with E-state index < -0.39 is 24.3 Å². The van der Waals surface area contributed by atoms with Crippen molar-refractivity contribution in [2.24, 2.45) is 0 Å². The molecule has 19 heavy (non-hydrogen) atoms. The van der Waals surface area contributed by atoms with E-state index in [1.165, 1.54) is 18.4 Å². The van der Waals surface area contributed by atoms with E-state index in [4.69, 9.17) is 19.8 Å². The maximum Gasteiger partial charge on any atom is 0.508 e. The van der Waals surface area contributed by atoms with E-state index in [9.17, 15) is 4.79 Å². The zero-order chi connectivity index (χ0) is 14.4. The van der Waals surface area contributed by atoms with Crippen LogP contribution >= 0.6 is 11.3 Å². The van der Waals surface area contributed by atoms with Crippen LogP contribution in [0.5, 0.6) is 0 Å². The van der Waals surface area contributed by atoms with Gasteiger partial charge in [0.05, 0.1) is 23.1 Å². The molecule has 0 amide bonds. The molecule has 1 aromatic heterocycles. The molecule has 8 heteroatoms. The van der Waals surface area contributed by atoms with E-state index >= 15 is 0 Å². The fraction of sp³-hybridized carbons (Fsp3) is 0.636. The van der Waals surface area contributed by atoms with Crippen molar-refractivity contribution >= 4 is 34.3 Å². The first-order valence-corrected chi connectivity index (χ1v) is 6.70. The monoisotopic (exact) mass is 284 g/mol. The van der Waals surface area contributed by atoms with Gasteiger partial charge in [0.2, 0.25) is 0 Å². The highest BCUT2D eigenvalue weighted by atomic mass is 32.1. The predicted octanol–water partition coefficient (Wildman–Crippen LogP) is 0.811. The van der Waals surface area contributed by atoms with Crippen molar-refractivity contribution in [2.75, 3.05) is 12.8 Å². The average molecular weight is 284 g/mol. The van der Waals surface area contributed by atoms with Gasteiger partial charge >= 0.3 is 13.1 Å². The Morgan fingerprint density at radius 3 is 2.32 bits per heavy atom. The van der Waals surface area contributed by atoms with Gasteiger partial charge in [0, 0.05) is 0 Å². The van der Waals surface area contributed by atoms with Crippen LogP contribution in [0.15, 0.2) is 0 Å². The Morgan fingerprint density at radius 2 is 1.84 bits per heavy atom. The molecule has 2 rings (SSSR count). The zero-order valence-corrected chi connectivity index (χ0v) is 12.5. The Hall–Kier alpha value is -1.12. The lowest BCUT2D eigenvalue weighted by Crippen LogP contribution is -2.41. The number of esters is 1. The van der Waals surface area contributed by atoms with Crippen molar-refractivity contribution in [1.29, 1.82) is 0 Å². The first-order valence-electron chi connectivity index (χ1n) is 5.88. The first-order chi connectivity index (χ1) is 8.68. The van der Waals surface area contributed by atoms with Crippen molar-refractivity contribution in [2.45, 2.75) is 38.9 Å². The molecule has 0 saturated carbocycles. The van der Waals surface area contributed by atoms with E-state index in [2.05, 4.69) is 4.98 Å². The predicted molar refractivity (Wildman–Crippen MR) is 73.6 cm³/mol. The lowest BCUT2D eigenvalue weighted by molar-refractivity contribution is 0.00578. The maximum absolute atomic E-state index is 11.7. The molecule has 1 aliphatic heterocycles. The molecule has 0 bridgehead atoms. The lowest BCUT2D eigenvalue weighted by atomic mass is 9.86. The Balaban J connectivity index is 2.37. The van der Waals surface area contributed by atoms with Gasteiger partial charge in [-0.1, -0.05) is 0 Å². The van der Waals surface area contributed by atoms with E-state index in [-0.39, 0.29) is 10.8 Å². The standard InChI is InChI=1S/C11H17BN2O4S/c1-10(2)11(3,4)18-12(17-10)7-6(8(15)16-5)14-9(13)19-7/h1-5H3,(H2,13,14). The molecule has 1 saturated heterocycles. The van der Waals surface area contributed by atoms with Crippen molar-refractivity contribution in [3.63, 3.8) is 0 Å². The van der Waals surface area contributed by atoms with Gasteiger partial charge in [-0.25, -0.2) is 9.78 Å². The van der Waals surface area contributed by atoms with Gasteiger partial charge in [-0.15, -0.1) is 11.3 Å². The summed E-state index contributed by atoms with van der Waals surface area (Å²) in [6.07, 6.45) is 0. The third-order valence-corrected chi connectivity index (χ3v) is 4.42. The third-order valence-electron chi connectivity index (χ3n) is 3.52. The molecule has 6 nitrogen and oxygen atoms in total. The fourth-order valence-electron chi connectivity index (χ4n) is 1.70. The van der Waals surface area contributed by atoms with Gasteiger partial charge in [0.25, 0.3) is 0 Å². The zero-order valence-electron chi connectivity index (χ0n) is 11.6. The number of carbonyl (C=O) groups excluding carboxylic acids is 1. The number of aromatic nitrogens is 1. The molecule has 0 aliphatic carbocycles. The molecule has 1 aliphatic rings. The van der Waals surface area contributed by atoms with Crippen molar-refractivity contribution in [1.82, 2.24) is 4.98 Å². The first kappa shape index (κ1) is 14.3. The quantitative estimate of drug-likeness (QED) is 0.639. The second kappa shape index (κ2) is 4.47. The molecular weight excluding hydrogens is 267 g/mol. The molecular formula is C11H17BN2O4S. The van der Waals surface area contributed by atoms with Gasteiger partial charge < -0.3 is 19.8 Å². The minimum absolute atomic E-state index is 0.156. The second-order valence-electron chi connectivity index (χ2n) is 5.34. The highest BCUT2D eigenvalue weighted by molar-refractivity contribution is 7.25. The normalized spacial score (nSPS) is 20.6. The SMILES string of the molecule is COC(=O)c1nc(N)sc1B1OC(C)(C)C(C)(C)O1. The highest BCUT2D eigenvalue weighted by Crippen LogP contribution is 2.37. The number of carbonyl (C=O) groups is 1. The molecule has 1 aromatic rings. The summed E-state index contributed by atoms with van der Waals surface area (Å²) in [6.45, 7) is 7.76. The number of ether oxygens (including phenoxy) is 1. The Bertz CT molecular complexity index is 499. The number of anilines is 1. The van der Waals surface area contributed by atoms with E-state index in [1.54, 1.807) is 0 Å². The smallest absolute Gasteiger partial charge is 0.464 e. The summed E-state index contributed by atoms with van der Waals surface area (Å²) in [5, 5.41) is 0.283. The van der Waals surface area contributed by atoms with E-state index in [0.29, 0.717) is 4.78 Å². The third kappa shape index (κ3) is 2.35. The summed E-state index contributed by atoms with van der Waals surface area (Å²) in [5.41, 5.74) is 4.85. The summed E-state index contributed by atoms with van der Waals surface area (Å²) in [5.74, 6) is -0.544. The highest BCUT2D eigenvalue weighted by Gasteiger charge is 2.53. The molecule has 0 atom stereocenters. The van der Waals surface area contributed by atoms with Crippen LogP contribution in [-0.2, 0) is 14.0 Å². The van der Waals surface area contributed by atoms with E-state index in [1.807, 2.05) is 27.7 Å². The van der Waals surface area contributed by atoms with Crippen molar-refractivity contribution < 1.29 is 18.8 Å². The molecule has 0 unspecified atom stereocenters. The number of rotatable bonds is 2. The molecule has 1 fully saturated rings. The molecule has 0 spiro atoms. The molecule has 2 heterocycles. The van der Waals surface area contributed by atoms with Crippen LogP contribution in [-0.4, -0.2) is 36.4 Å². The van der Waals surface area contributed by atoms with Crippen LogP contribution in [0, 0.1) is 0 Å². The van der Waals surface area contributed by atoms with Gasteiger partial charge in [0.1, 0.15) is 0 Å². The second-order valence-corrected chi connectivity index (χ2v) is 6.41. The fourth-order valence-corrected chi connectivity index (χ4v) is 2.48. The van der Waals surface area contributed by atoms with Crippen LogP contribution in [0.3, 0.4) is 0 Å². The topological polar surface area (TPSA) is 83.7 Å². The lowest BCUT2D eigenvalue weighted by Gasteiger charge is -2.32. The Kier molecular flexibility index (Phi) is 3.36. The molecule has 0 aromatic carbocycles. The number of nitrogens with two attached hydrogens (primary N) is 1. The number of hydrogen-bond acceptors (Lipinski definition) is 7. The van der Waals surface area contributed by atoms with Crippen LogP contribution in [0.25, 0.3) is 0 Å². The summed E-state index contributed by atoms with van der Waals surface area (Å²) in [6, 6.07) is 0. The minimum Gasteiger partial charge on any atom is -0.464 e.